The highest BCUT2D eigenvalue weighted by Crippen LogP contribution is 2.36. The standard InChI is InChI=1S/C23H27BrClN3O7.H2O/c1-3-34-19(9-29)21(31)22(32)20(10-30)35-18-8-16-13(7-17(18)33-2)23(27-11-26-16)28-12-4-5-14(24)15(25)6-12;/h4-8,11,19-22,29-32H,3,9-10H2,1-2H3,(H,26,27,28);1H2/t19-,20-,21+,22+;/m0./s1. The number of aromatic nitrogens is 2. The molecule has 0 fully saturated rings. The number of aliphatic hydroxyl groups is 4. The summed E-state index contributed by atoms with van der Waals surface area (Å²) in [6.45, 7) is 0.781. The number of nitrogens with one attached hydrogen (secondary N) is 1. The number of anilines is 2. The van der Waals surface area contributed by atoms with Gasteiger partial charge in [0, 0.05) is 28.2 Å². The molecule has 0 saturated heterocycles. The smallest absolute Gasteiger partial charge is 0.164 e. The van der Waals surface area contributed by atoms with Gasteiger partial charge in [-0.05, 0) is 47.1 Å². The monoisotopic (exact) mass is 589 g/mol. The van der Waals surface area contributed by atoms with Crippen LogP contribution >= 0.6 is 27.5 Å². The highest BCUT2D eigenvalue weighted by Gasteiger charge is 2.34. The van der Waals surface area contributed by atoms with Crippen LogP contribution in [0.15, 0.2) is 41.1 Å². The second kappa shape index (κ2) is 13.9. The van der Waals surface area contributed by atoms with Crippen molar-refractivity contribution in [2.24, 2.45) is 0 Å². The van der Waals surface area contributed by atoms with Gasteiger partial charge in [-0.1, -0.05) is 11.6 Å². The molecule has 0 bridgehead atoms. The Bertz CT molecular complexity index is 1140. The number of aliphatic hydroxyl groups excluding tert-OH is 4. The molecule has 0 aliphatic heterocycles. The van der Waals surface area contributed by atoms with Gasteiger partial charge < -0.3 is 45.4 Å². The predicted molar refractivity (Wildman–Crippen MR) is 138 cm³/mol. The van der Waals surface area contributed by atoms with Crippen molar-refractivity contribution in [2.45, 2.75) is 31.3 Å². The van der Waals surface area contributed by atoms with Gasteiger partial charge in [-0.2, -0.15) is 0 Å². The van der Waals surface area contributed by atoms with Gasteiger partial charge in [0.15, 0.2) is 17.6 Å². The summed E-state index contributed by atoms with van der Waals surface area (Å²) in [5, 5.41) is 44.6. The van der Waals surface area contributed by atoms with E-state index in [1.54, 1.807) is 25.1 Å². The third-order valence-corrected chi connectivity index (χ3v) is 6.47. The van der Waals surface area contributed by atoms with E-state index in [2.05, 4.69) is 31.2 Å². The average Bonchev–Trinajstić information content (AvgIpc) is 2.86. The van der Waals surface area contributed by atoms with Crippen molar-refractivity contribution < 1.29 is 40.1 Å². The molecular weight excluding hydrogens is 562 g/mol. The van der Waals surface area contributed by atoms with E-state index in [-0.39, 0.29) is 23.6 Å². The molecule has 198 valence electrons. The molecule has 1 heterocycles. The van der Waals surface area contributed by atoms with Crippen LogP contribution in [-0.4, -0.2) is 87.2 Å². The van der Waals surface area contributed by atoms with Crippen LogP contribution in [-0.2, 0) is 4.74 Å². The van der Waals surface area contributed by atoms with E-state index in [0.29, 0.717) is 27.4 Å². The molecule has 2 aromatic carbocycles. The number of methoxy groups -OCH3 is 1. The SMILES string of the molecule is CCO[C@@H](CO)[C@@H](O)[C@H](O)[C@H](CO)Oc1cc2ncnc(Nc3ccc(Br)c(Cl)c3)c2cc1OC.O. The maximum absolute atomic E-state index is 10.6. The first kappa shape index (κ1) is 29.9. The number of hydrogen-bond donors (Lipinski definition) is 5. The molecule has 0 amide bonds. The summed E-state index contributed by atoms with van der Waals surface area (Å²) in [6.07, 6.45) is -3.97. The molecule has 3 aromatic rings. The summed E-state index contributed by atoms with van der Waals surface area (Å²) in [6, 6.07) is 8.61. The number of rotatable bonds is 12. The van der Waals surface area contributed by atoms with E-state index in [4.69, 9.17) is 25.8 Å². The van der Waals surface area contributed by atoms with Crippen LogP contribution in [0, 0.1) is 0 Å². The first-order chi connectivity index (χ1) is 16.8. The van der Waals surface area contributed by atoms with Crippen molar-refractivity contribution in [2.75, 3.05) is 32.2 Å². The molecule has 4 atom stereocenters. The van der Waals surface area contributed by atoms with Crippen molar-refractivity contribution in [1.29, 1.82) is 0 Å². The Morgan fingerprint density at radius 1 is 1.03 bits per heavy atom. The minimum atomic E-state index is -1.56. The van der Waals surface area contributed by atoms with Gasteiger partial charge in [-0.15, -0.1) is 0 Å². The van der Waals surface area contributed by atoms with E-state index in [0.717, 1.165) is 4.47 Å². The van der Waals surface area contributed by atoms with Gasteiger partial charge in [-0.25, -0.2) is 9.97 Å². The van der Waals surface area contributed by atoms with Gasteiger partial charge in [0.1, 0.15) is 30.5 Å². The van der Waals surface area contributed by atoms with Gasteiger partial charge in [0.05, 0.1) is 30.9 Å². The Balaban J connectivity index is 0.00000456. The van der Waals surface area contributed by atoms with Crippen molar-refractivity contribution in [3.05, 3.63) is 46.2 Å². The highest BCUT2D eigenvalue weighted by molar-refractivity contribution is 9.10. The molecule has 0 spiro atoms. The third-order valence-electron chi connectivity index (χ3n) is 5.23. The largest absolute Gasteiger partial charge is 0.493 e. The van der Waals surface area contributed by atoms with Crippen molar-refractivity contribution in [3.63, 3.8) is 0 Å². The number of ether oxygens (including phenoxy) is 3. The molecule has 7 N–H and O–H groups in total. The summed E-state index contributed by atoms with van der Waals surface area (Å²) >= 11 is 9.55. The Morgan fingerprint density at radius 3 is 2.33 bits per heavy atom. The quantitative estimate of drug-likeness (QED) is 0.209. The molecule has 0 unspecified atom stereocenters. The van der Waals surface area contributed by atoms with E-state index in [1.807, 2.05) is 12.1 Å². The molecule has 0 saturated carbocycles. The zero-order valence-electron chi connectivity index (χ0n) is 19.6. The number of nitrogens with zero attached hydrogens (tertiary/aromatic N) is 2. The first-order valence-electron chi connectivity index (χ1n) is 10.7. The van der Waals surface area contributed by atoms with Crippen LogP contribution in [0.2, 0.25) is 5.02 Å². The lowest BCUT2D eigenvalue weighted by molar-refractivity contribution is -0.134. The highest BCUT2D eigenvalue weighted by atomic mass is 79.9. The number of hydrogen-bond acceptors (Lipinski definition) is 10. The maximum Gasteiger partial charge on any atom is 0.164 e. The molecule has 13 heteroatoms. The molecular formula is C23H29BrClN3O8. The fourth-order valence-corrected chi connectivity index (χ4v) is 3.84. The molecule has 0 radical (unpaired) electrons. The lowest BCUT2D eigenvalue weighted by Gasteiger charge is -2.30. The molecule has 11 nitrogen and oxygen atoms in total. The predicted octanol–water partition coefficient (Wildman–Crippen LogP) is 1.83. The Hall–Kier alpha value is -2.29. The fourth-order valence-electron chi connectivity index (χ4n) is 3.42. The molecule has 3 rings (SSSR count). The minimum Gasteiger partial charge on any atom is -0.493 e. The molecule has 36 heavy (non-hydrogen) atoms. The van der Waals surface area contributed by atoms with Crippen LogP contribution in [0.1, 0.15) is 6.92 Å². The summed E-state index contributed by atoms with van der Waals surface area (Å²) in [5.41, 5.74) is 1.21. The lowest BCUT2D eigenvalue weighted by Crippen LogP contribution is -2.50. The number of fused-ring (bicyclic) bond motifs is 1. The van der Waals surface area contributed by atoms with E-state index < -0.39 is 37.6 Å². The van der Waals surface area contributed by atoms with E-state index >= 15 is 0 Å². The van der Waals surface area contributed by atoms with Crippen LogP contribution in [0.4, 0.5) is 11.5 Å². The summed E-state index contributed by atoms with van der Waals surface area (Å²) in [5.74, 6) is 0.960. The van der Waals surface area contributed by atoms with Crippen LogP contribution in [0.5, 0.6) is 11.5 Å². The molecule has 1 aromatic heterocycles. The Kier molecular flexibility index (Phi) is 11.5. The van der Waals surface area contributed by atoms with Gasteiger partial charge in [0.25, 0.3) is 0 Å². The van der Waals surface area contributed by atoms with Crippen LogP contribution < -0.4 is 14.8 Å². The normalized spacial score (nSPS) is 14.4. The summed E-state index contributed by atoms with van der Waals surface area (Å²) in [7, 11) is 1.44. The van der Waals surface area contributed by atoms with Gasteiger partial charge >= 0.3 is 0 Å². The maximum atomic E-state index is 10.6. The van der Waals surface area contributed by atoms with Crippen molar-refractivity contribution >= 4 is 49.9 Å². The van der Waals surface area contributed by atoms with Gasteiger partial charge in [-0.3, -0.25) is 0 Å². The van der Waals surface area contributed by atoms with Crippen LogP contribution in [0.3, 0.4) is 0 Å². The Morgan fingerprint density at radius 2 is 1.72 bits per heavy atom. The van der Waals surface area contributed by atoms with Crippen LogP contribution in [0.25, 0.3) is 10.9 Å². The second-order valence-corrected chi connectivity index (χ2v) is 8.75. The average molecular weight is 591 g/mol. The first-order valence-corrected chi connectivity index (χ1v) is 11.9. The lowest BCUT2D eigenvalue weighted by atomic mass is 10.0. The topological polar surface area (TPSA) is 178 Å². The molecule has 0 aliphatic carbocycles. The van der Waals surface area contributed by atoms with E-state index in [9.17, 15) is 20.4 Å². The minimum absolute atomic E-state index is 0. The second-order valence-electron chi connectivity index (χ2n) is 7.49. The third kappa shape index (κ3) is 6.93. The number of benzene rings is 2. The zero-order chi connectivity index (χ0) is 25.5. The van der Waals surface area contributed by atoms with Crippen molar-refractivity contribution in [1.82, 2.24) is 9.97 Å². The van der Waals surface area contributed by atoms with E-state index in [1.165, 1.54) is 13.4 Å². The fraction of sp³-hybridized carbons (Fsp3) is 0.391. The number of halogens is 2. The zero-order valence-corrected chi connectivity index (χ0v) is 21.9. The Labute approximate surface area is 221 Å². The molecule has 0 aliphatic rings. The summed E-state index contributed by atoms with van der Waals surface area (Å²) < 4.78 is 17.3. The van der Waals surface area contributed by atoms with Crippen molar-refractivity contribution in [3.8, 4) is 11.5 Å². The van der Waals surface area contributed by atoms with Gasteiger partial charge in [0.2, 0.25) is 0 Å². The summed E-state index contributed by atoms with van der Waals surface area (Å²) in [4.78, 5) is 8.59.